The van der Waals surface area contributed by atoms with Crippen LogP contribution >= 0.6 is 0 Å². The molecule has 3 N–H and O–H groups in total. The molecule has 1 aromatic heterocycles. The number of hydrogen-bond donors (Lipinski definition) is 2. The highest BCUT2D eigenvalue weighted by atomic mass is 15.2. The van der Waals surface area contributed by atoms with Crippen molar-refractivity contribution in [3.63, 3.8) is 0 Å². The van der Waals surface area contributed by atoms with Crippen molar-refractivity contribution in [2.45, 2.75) is 0 Å². The van der Waals surface area contributed by atoms with Gasteiger partial charge in [0.05, 0.1) is 11.9 Å². The topological polar surface area (TPSA) is 50.9 Å². The Morgan fingerprint density at radius 3 is 2.50 bits per heavy atom. The second-order valence-corrected chi connectivity index (χ2v) is 2.97. The molecule has 0 bridgehead atoms. The maximum atomic E-state index is 5.31. The molecule has 1 aromatic carbocycles. The number of nitrogens with zero attached hydrogens (tertiary/aromatic N) is 1. The van der Waals surface area contributed by atoms with Crippen LogP contribution < -0.4 is 11.3 Å². The third-order valence-electron chi connectivity index (χ3n) is 2.01. The lowest BCUT2D eigenvalue weighted by Gasteiger charge is -2.03. The van der Waals surface area contributed by atoms with Crippen molar-refractivity contribution in [3.8, 4) is 11.1 Å². The zero-order chi connectivity index (χ0) is 9.80. The minimum absolute atomic E-state index is 0.811. The monoisotopic (exact) mass is 185 g/mol. The summed E-state index contributed by atoms with van der Waals surface area (Å²) in [5.74, 6) is 5.31. The van der Waals surface area contributed by atoms with E-state index < -0.39 is 0 Å². The average molecular weight is 185 g/mol. The van der Waals surface area contributed by atoms with E-state index >= 15 is 0 Å². The molecule has 0 atom stereocenters. The fourth-order valence-electron chi connectivity index (χ4n) is 1.31. The summed E-state index contributed by atoms with van der Waals surface area (Å²) in [5, 5.41) is 0. The molecule has 0 fully saturated rings. The molecule has 3 heteroatoms. The van der Waals surface area contributed by atoms with Gasteiger partial charge in [-0.05, 0) is 11.6 Å². The van der Waals surface area contributed by atoms with Gasteiger partial charge in [0.2, 0.25) is 0 Å². The number of nitrogens with two attached hydrogens (primary N) is 1. The summed E-state index contributed by atoms with van der Waals surface area (Å²) in [6.07, 6.45) is 3.50. The molecule has 1 heterocycles. The summed E-state index contributed by atoms with van der Waals surface area (Å²) < 4.78 is 0. The Labute approximate surface area is 82.6 Å². The predicted octanol–water partition coefficient (Wildman–Crippen LogP) is 2.03. The van der Waals surface area contributed by atoms with E-state index in [0.717, 1.165) is 16.8 Å². The lowest BCUT2D eigenvalue weighted by molar-refractivity contribution is 1.27. The highest BCUT2D eigenvalue weighted by molar-refractivity contribution is 5.66. The summed E-state index contributed by atoms with van der Waals surface area (Å²) >= 11 is 0. The first-order valence-electron chi connectivity index (χ1n) is 4.37. The van der Waals surface area contributed by atoms with E-state index in [0.29, 0.717) is 0 Å². The lowest BCUT2D eigenvalue weighted by Crippen LogP contribution is -2.06. The molecular weight excluding hydrogens is 174 g/mol. The van der Waals surface area contributed by atoms with Crippen molar-refractivity contribution in [2.75, 3.05) is 5.43 Å². The maximum absolute atomic E-state index is 5.31. The molecule has 0 aliphatic rings. The van der Waals surface area contributed by atoms with Gasteiger partial charge in [-0.25, -0.2) is 0 Å². The summed E-state index contributed by atoms with van der Waals surface area (Å²) in [7, 11) is 0. The summed E-state index contributed by atoms with van der Waals surface area (Å²) in [5.41, 5.74) is 5.58. The van der Waals surface area contributed by atoms with Gasteiger partial charge in [0.15, 0.2) is 0 Å². The summed E-state index contributed by atoms with van der Waals surface area (Å²) in [6.45, 7) is 0. The normalized spacial score (nSPS) is 9.79. The first-order valence-corrected chi connectivity index (χ1v) is 4.37. The van der Waals surface area contributed by atoms with Crippen LogP contribution in [0.15, 0.2) is 48.8 Å². The van der Waals surface area contributed by atoms with Crippen LogP contribution in [-0.2, 0) is 0 Å². The van der Waals surface area contributed by atoms with E-state index in [1.165, 1.54) is 0 Å². The number of aromatic nitrogens is 1. The zero-order valence-corrected chi connectivity index (χ0v) is 7.64. The highest BCUT2D eigenvalue weighted by Crippen LogP contribution is 2.20. The Balaban J connectivity index is 2.42. The predicted molar refractivity (Wildman–Crippen MR) is 57.5 cm³/mol. The van der Waals surface area contributed by atoms with Crippen LogP contribution in [0.2, 0.25) is 0 Å². The second kappa shape index (κ2) is 3.89. The Morgan fingerprint density at radius 1 is 1.00 bits per heavy atom. The Kier molecular flexibility index (Phi) is 2.42. The molecule has 2 rings (SSSR count). The summed E-state index contributed by atoms with van der Waals surface area (Å²) in [4.78, 5) is 4.09. The first-order chi connectivity index (χ1) is 6.90. The van der Waals surface area contributed by atoms with Gasteiger partial charge >= 0.3 is 0 Å². The molecule has 14 heavy (non-hydrogen) atoms. The minimum Gasteiger partial charge on any atom is -0.323 e. The van der Waals surface area contributed by atoms with E-state index in [4.69, 9.17) is 5.84 Å². The van der Waals surface area contributed by atoms with E-state index in [2.05, 4.69) is 10.4 Å². The number of hydrogen-bond acceptors (Lipinski definition) is 3. The summed E-state index contributed by atoms with van der Waals surface area (Å²) in [6, 6.07) is 12.0. The number of nitrogen functional groups attached to an aromatic ring is 1. The quantitative estimate of drug-likeness (QED) is 0.556. The van der Waals surface area contributed by atoms with Crippen LogP contribution in [-0.4, -0.2) is 4.98 Å². The fourth-order valence-corrected chi connectivity index (χ4v) is 1.31. The van der Waals surface area contributed by atoms with Crippen LogP contribution in [0.4, 0.5) is 5.69 Å². The zero-order valence-electron chi connectivity index (χ0n) is 7.64. The molecule has 0 aliphatic carbocycles. The van der Waals surface area contributed by atoms with E-state index in [-0.39, 0.29) is 0 Å². The van der Waals surface area contributed by atoms with Gasteiger partial charge in [-0.15, -0.1) is 0 Å². The molecule has 0 unspecified atom stereocenters. The molecule has 0 saturated carbocycles. The third-order valence-corrected chi connectivity index (χ3v) is 2.01. The number of nitrogens with one attached hydrogen (secondary N) is 1. The van der Waals surface area contributed by atoms with Gasteiger partial charge in [0.25, 0.3) is 0 Å². The molecular formula is C11H11N3. The van der Waals surface area contributed by atoms with Gasteiger partial charge in [0.1, 0.15) is 0 Å². The van der Waals surface area contributed by atoms with Gasteiger partial charge in [-0.3, -0.25) is 10.8 Å². The van der Waals surface area contributed by atoms with Crippen LogP contribution in [0.5, 0.6) is 0 Å². The van der Waals surface area contributed by atoms with E-state index in [1.807, 2.05) is 42.6 Å². The molecule has 2 aromatic rings. The molecule has 0 radical (unpaired) electrons. The van der Waals surface area contributed by atoms with Crippen molar-refractivity contribution in [3.05, 3.63) is 48.8 Å². The van der Waals surface area contributed by atoms with Gasteiger partial charge in [-0.2, -0.15) is 0 Å². The molecule has 0 spiro atoms. The number of rotatable bonds is 2. The smallest absolute Gasteiger partial charge is 0.0675 e. The van der Waals surface area contributed by atoms with E-state index in [1.54, 1.807) is 6.20 Å². The van der Waals surface area contributed by atoms with Crippen molar-refractivity contribution in [1.29, 1.82) is 0 Å². The second-order valence-electron chi connectivity index (χ2n) is 2.97. The van der Waals surface area contributed by atoms with Crippen molar-refractivity contribution in [2.24, 2.45) is 5.84 Å². The average Bonchev–Trinajstić information content (AvgIpc) is 2.30. The molecule has 0 saturated heterocycles. The highest BCUT2D eigenvalue weighted by Gasteiger charge is 1.97. The number of benzene rings is 1. The van der Waals surface area contributed by atoms with Crippen molar-refractivity contribution < 1.29 is 0 Å². The SMILES string of the molecule is NNc1cncc(-c2ccccc2)c1. The van der Waals surface area contributed by atoms with Crippen LogP contribution in [0.1, 0.15) is 0 Å². The standard InChI is InChI=1S/C11H11N3/c12-14-11-6-10(7-13-8-11)9-4-2-1-3-5-9/h1-8,14H,12H2. The molecule has 0 aliphatic heterocycles. The molecule has 3 nitrogen and oxygen atoms in total. The Morgan fingerprint density at radius 2 is 1.79 bits per heavy atom. The van der Waals surface area contributed by atoms with Crippen molar-refractivity contribution in [1.82, 2.24) is 4.98 Å². The van der Waals surface area contributed by atoms with Crippen molar-refractivity contribution >= 4 is 5.69 Å². The first kappa shape index (κ1) is 8.72. The minimum atomic E-state index is 0.811. The van der Waals surface area contributed by atoms with Gasteiger partial charge in [-0.1, -0.05) is 30.3 Å². The Bertz CT molecular complexity index is 412. The van der Waals surface area contributed by atoms with Gasteiger partial charge in [0, 0.05) is 11.8 Å². The van der Waals surface area contributed by atoms with Crippen LogP contribution in [0.3, 0.4) is 0 Å². The third kappa shape index (κ3) is 1.72. The van der Waals surface area contributed by atoms with E-state index in [9.17, 15) is 0 Å². The largest absolute Gasteiger partial charge is 0.323 e. The maximum Gasteiger partial charge on any atom is 0.0675 e. The lowest BCUT2D eigenvalue weighted by atomic mass is 10.1. The van der Waals surface area contributed by atoms with Crippen LogP contribution in [0, 0.1) is 0 Å². The molecule has 70 valence electrons. The molecule has 0 amide bonds. The number of anilines is 1. The number of pyridine rings is 1. The van der Waals surface area contributed by atoms with Crippen LogP contribution in [0.25, 0.3) is 11.1 Å². The van der Waals surface area contributed by atoms with Gasteiger partial charge < -0.3 is 5.43 Å². The number of hydrazine groups is 1. The fraction of sp³-hybridized carbons (Fsp3) is 0. The Hall–Kier alpha value is -1.87.